The second-order valence-electron chi connectivity index (χ2n) is 3.39. The molecule has 3 N–H and O–H groups in total. The van der Waals surface area contributed by atoms with Gasteiger partial charge >= 0.3 is 0 Å². The molecule has 1 heterocycles. The molecule has 0 radical (unpaired) electrons. The molecule has 4 heteroatoms. The number of aromatic hydroxyl groups is 2. The van der Waals surface area contributed by atoms with Gasteiger partial charge in [-0.2, -0.15) is 0 Å². The van der Waals surface area contributed by atoms with E-state index < -0.39 is 0 Å². The summed E-state index contributed by atoms with van der Waals surface area (Å²) in [5.41, 5.74) is 0.803. The number of nitrogens with one attached hydrogen (secondary N) is 1. The number of phenols is 2. The molecule has 0 bridgehead atoms. The van der Waals surface area contributed by atoms with Gasteiger partial charge in [0.25, 0.3) is 0 Å². The van der Waals surface area contributed by atoms with Crippen molar-refractivity contribution < 1.29 is 10.2 Å². The Labute approximate surface area is 89.2 Å². The number of hydrogen-bond acceptors (Lipinski definition) is 3. The topological polar surface area (TPSA) is 52.5 Å². The molecule has 3 nitrogen and oxygen atoms in total. The molecule has 78 valence electrons. The number of halogens is 1. The van der Waals surface area contributed by atoms with E-state index in [1.54, 1.807) is 6.07 Å². The maximum absolute atomic E-state index is 9.54. The Morgan fingerprint density at radius 3 is 2.71 bits per heavy atom. The predicted octanol–water partition coefficient (Wildman–Crippen LogP) is 1.94. The van der Waals surface area contributed by atoms with Crippen LogP contribution in [0.2, 0.25) is 0 Å². The van der Waals surface area contributed by atoms with E-state index in [1.165, 1.54) is 12.1 Å². The second-order valence-corrected chi connectivity index (χ2v) is 3.39. The zero-order valence-electron chi connectivity index (χ0n) is 7.73. The SMILES string of the molecule is Cl.Oc1ccc(O)c([C@@H]2CCCN2)c1. The summed E-state index contributed by atoms with van der Waals surface area (Å²) in [6, 6.07) is 4.85. The summed E-state index contributed by atoms with van der Waals surface area (Å²) in [6.45, 7) is 0.986. The molecule has 1 aromatic carbocycles. The number of benzene rings is 1. The first-order valence-electron chi connectivity index (χ1n) is 4.52. The Balaban J connectivity index is 0.000000980. The first-order chi connectivity index (χ1) is 6.27. The van der Waals surface area contributed by atoms with Gasteiger partial charge in [-0.15, -0.1) is 12.4 Å². The van der Waals surface area contributed by atoms with E-state index in [-0.39, 0.29) is 29.9 Å². The summed E-state index contributed by atoms with van der Waals surface area (Å²) in [5.74, 6) is 0.471. The van der Waals surface area contributed by atoms with Crippen LogP contribution in [0.25, 0.3) is 0 Å². The van der Waals surface area contributed by atoms with Crippen molar-refractivity contribution in [1.29, 1.82) is 0 Å². The third-order valence-electron chi connectivity index (χ3n) is 2.45. The summed E-state index contributed by atoms with van der Waals surface area (Å²) < 4.78 is 0. The molecule has 1 saturated heterocycles. The number of hydrogen-bond donors (Lipinski definition) is 3. The van der Waals surface area contributed by atoms with E-state index in [4.69, 9.17) is 0 Å². The van der Waals surface area contributed by atoms with Crippen molar-refractivity contribution in [3.63, 3.8) is 0 Å². The lowest BCUT2D eigenvalue weighted by Gasteiger charge is -2.12. The summed E-state index contributed by atoms with van der Waals surface area (Å²) in [7, 11) is 0. The van der Waals surface area contributed by atoms with E-state index in [1.807, 2.05) is 0 Å². The first-order valence-corrected chi connectivity index (χ1v) is 4.52. The Kier molecular flexibility index (Phi) is 3.61. The van der Waals surface area contributed by atoms with Crippen LogP contribution in [0, 0.1) is 0 Å². The van der Waals surface area contributed by atoms with E-state index in [0.717, 1.165) is 24.9 Å². The number of phenolic OH excluding ortho intramolecular Hbond substituents is 2. The molecule has 0 spiro atoms. The van der Waals surface area contributed by atoms with Crippen molar-refractivity contribution in [2.45, 2.75) is 18.9 Å². The highest BCUT2D eigenvalue weighted by Crippen LogP contribution is 2.32. The van der Waals surface area contributed by atoms with Gasteiger partial charge in [0, 0.05) is 11.6 Å². The summed E-state index contributed by atoms with van der Waals surface area (Å²) in [6.07, 6.45) is 2.15. The van der Waals surface area contributed by atoms with Gasteiger partial charge in [-0.1, -0.05) is 0 Å². The summed E-state index contributed by atoms with van der Waals surface area (Å²) >= 11 is 0. The Bertz CT molecular complexity index is 311. The van der Waals surface area contributed by atoms with Crippen molar-refractivity contribution >= 4 is 12.4 Å². The molecule has 0 saturated carbocycles. The minimum atomic E-state index is 0. The third-order valence-corrected chi connectivity index (χ3v) is 2.45. The minimum absolute atomic E-state index is 0. The highest BCUT2D eigenvalue weighted by atomic mass is 35.5. The largest absolute Gasteiger partial charge is 0.508 e. The second kappa shape index (κ2) is 4.53. The van der Waals surface area contributed by atoms with E-state index in [9.17, 15) is 10.2 Å². The standard InChI is InChI=1S/C10H13NO2.ClH/c12-7-3-4-10(13)8(6-7)9-2-1-5-11-9;/h3-4,6,9,11-13H,1-2,5H2;1H/t9-;/m0./s1. The fraction of sp³-hybridized carbons (Fsp3) is 0.400. The van der Waals surface area contributed by atoms with Crippen molar-refractivity contribution in [3.05, 3.63) is 23.8 Å². The molecule has 0 aliphatic carbocycles. The monoisotopic (exact) mass is 215 g/mol. The molecular formula is C10H14ClNO2. The molecule has 0 aromatic heterocycles. The maximum atomic E-state index is 9.54. The zero-order chi connectivity index (χ0) is 9.26. The van der Waals surface area contributed by atoms with Crippen LogP contribution >= 0.6 is 12.4 Å². The Morgan fingerprint density at radius 1 is 1.29 bits per heavy atom. The van der Waals surface area contributed by atoms with Gasteiger partial charge in [0.1, 0.15) is 11.5 Å². The van der Waals surface area contributed by atoms with E-state index in [2.05, 4.69) is 5.32 Å². The lowest BCUT2D eigenvalue weighted by molar-refractivity contribution is 0.444. The predicted molar refractivity (Wildman–Crippen MR) is 57.0 cm³/mol. The zero-order valence-corrected chi connectivity index (χ0v) is 8.55. The lowest BCUT2D eigenvalue weighted by Crippen LogP contribution is -2.12. The van der Waals surface area contributed by atoms with Crippen LogP contribution in [0.5, 0.6) is 11.5 Å². The van der Waals surface area contributed by atoms with Gasteiger partial charge in [0.05, 0.1) is 0 Å². The van der Waals surface area contributed by atoms with Crippen molar-refractivity contribution in [2.24, 2.45) is 0 Å². The van der Waals surface area contributed by atoms with Crippen LogP contribution < -0.4 is 5.32 Å². The fourth-order valence-electron chi connectivity index (χ4n) is 1.77. The molecule has 0 amide bonds. The summed E-state index contributed by atoms with van der Waals surface area (Å²) in [4.78, 5) is 0. The first kappa shape index (κ1) is 11.1. The molecule has 1 aliphatic heterocycles. The highest BCUT2D eigenvalue weighted by molar-refractivity contribution is 5.85. The third kappa shape index (κ3) is 2.11. The minimum Gasteiger partial charge on any atom is -0.508 e. The van der Waals surface area contributed by atoms with Crippen LogP contribution in [-0.2, 0) is 0 Å². The smallest absolute Gasteiger partial charge is 0.120 e. The highest BCUT2D eigenvalue weighted by Gasteiger charge is 2.19. The van der Waals surface area contributed by atoms with E-state index >= 15 is 0 Å². The average molecular weight is 216 g/mol. The van der Waals surface area contributed by atoms with Crippen LogP contribution in [0.3, 0.4) is 0 Å². The molecule has 1 atom stereocenters. The molecule has 1 fully saturated rings. The van der Waals surface area contributed by atoms with Crippen molar-refractivity contribution in [1.82, 2.24) is 5.32 Å². The summed E-state index contributed by atoms with van der Waals surface area (Å²) in [5, 5.41) is 22.1. The van der Waals surface area contributed by atoms with Gasteiger partial charge in [-0.25, -0.2) is 0 Å². The molecule has 1 aromatic rings. The van der Waals surface area contributed by atoms with Gasteiger partial charge in [0.2, 0.25) is 0 Å². The van der Waals surface area contributed by atoms with Crippen LogP contribution in [0.4, 0.5) is 0 Å². The van der Waals surface area contributed by atoms with Gasteiger partial charge in [0.15, 0.2) is 0 Å². The van der Waals surface area contributed by atoms with Crippen LogP contribution in [0.15, 0.2) is 18.2 Å². The van der Waals surface area contributed by atoms with Gasteiger partial charge in [-0.3, -0.25) is 0 Å². The quantitative estimate of drug-likeness (QED) is 0.628. The fourth-order valence-corrected chi connectivity index (χ4v) is 1.77. The molecule has 2 rings (SSSR count). The number of rotatable bonds is 1. The molecular weight excluding hydrogens is 202 g/mol. The molecule has 14 heavy (non-hydrogen) atoms. The maximum Gasteiger partial charge on any atom is 0.120 e. The normalized spacial score (nSPS) is 20.4. The molecule has 1 aliphatic rings. The Morgan fingerprint density at radius 2 is 2.07 bits per heavy atom. The van der Waals surface area contributed by atoms with Crippen molar-refractivity contribution in [2.75, 3.05) is 6.54 Å². The lowest BCUT2D eigenvalue weighted by atomic mass is 10.0. The van der Waals surface area contributed by atoms with Crippen LogP contribution in [-0.4, -0.2) is 16.8 Å². The van der Waals surface area contributed by atoms with Crippen molar-refractivity contribution in [3.8, 4) is 11.5 Å². The molecule has 0 unspecified atom stereocenters. The van der Waals surface area contributed by atoms with Gasteiger partial charge in [-0.05, 0) is 37.6 Å². The van der Waals surface area contributed by atoms with E-state index in [0.29, 0.717) is 0 Å². The van der Waals surface area contributed by atoms with Crippen LogP contribution in [0.1, 0.15) is 24.4 Å². The average Bonchev–Trinajstić information content (AvgIpc) is 2.61. The Hall–Kier alpha value is -0.930. The van der Waals surface area contributed by atoms with Gasteiger partial charge < -0.3 is 15.5 Å².